The third-order valence-corrected chi connectivity index (χ3v) is 4.13. The average Bonchev–Trinajstić information content (AvgIpc) is 2.94. The Bertz CT molecular complexity index is 821. The second-order valence-electron chi connectivity index (χ2n) is 5.69. The van der Waals surface area contributed by atoms with Gasteiger partial charge in [0.15, 0.2) is 0 Å². The van der Waals surface area contributed by atoms with Crippen LogP contribution in [0.2, 0.25) is 0 Å². The van der Waals surface area contributed by atoms with Gasteiger partial charge in [0.05, 0.1) is 6.61 Å². The van der Waals surface area contributed by atoms with Gasteiger partial charge in [-0.3, -0.25) is 0 Å². The second-order valence-corrected chi connectivity index (χ2v) is 5.69. The predicted molar refractivity (Wildman–Crippen MR) is 89.9 cm³/mol. The Morgan fingerprint density at radius 3 is 2.68 bits per heavy atom. The highest BCUT2D eigenvalue weighted by molar-refractivity contribution is 6.00. The van der Waals surface area contributed by atoms with Crippen molar-refractivity contribution in [1.29, 1.82) is 0 Å². The topological polar surface area (TPSA) is 68.1 Å². The van der Waals surface area contributed by atoms with Crippen molar-refractivity contribution in [3.63, 3.8) is 0 Å². The summed E-state index contributed by atoms with van der Waals surface area (Å²) in [4.78, 5) is 17.2. The molecule has 1 heterocycles. The lowest BCUT2D eigenvalue weighted by Crippen LogP contribution is -2.43. The fourth-order valence-electron chi connectivity index (χ4n) is 2.90. The summed E-state index contributed by atoms with van der Waals surface area (Å²) < 4.78 is 25.5. The molecule has 0 aliphatic carbocycles. The van der Waals surface area contributed by atoms with Gasteiger partial charge in [0.1, 0.15) is 17.7 Å². The SMILES string of the molecule is CCOC(=O)[C@]1(c2ccc(O)cc2F)N=C(c2ccccc2)O[C@@H]1C. The number of benzene rings is 2. The molecule has 5 nitrogen and oxygen atoms in total. The summed E-state index contributed by atoms with van der Waals surface area (Å²) in [6.07, 6.45) is -0.777. The Balaban J connectivity index is 2.18. The molecule has 1 aliphatic heterocycles. The van der Waals surface area contributed by atoms with Gasteiger partial charge in [-0.1, -0.05) is 18.2 Å². The number of aromatic hydroxyl groups is 1. The first-order valence-electron chi connectivity index (χ1n) is 7.97. The van der Waals surface area contributed by atoms with Gasteiger partial charge in [0.25, 0.3) is 0 Å². The molecule has 2 aromatic carbocycles. The van der Waals surface area contributed by atoms with Crippen LogP contribution >= 0.6 is 0 Å². The normalized spacial score (nSPS) is 22.2. The molecule has 0 radical (unpaired) electrons. The van der Waals surface area contributed by atoms with Crippen LogP contribution in [0.5, 0.6) is 5.75 Å². The molecule has 0 spiro atoms. The van der Waals surface area contributed by atoms with Crippen LogP contribution < -0.4 is 0 Å². The highest BCUT2D eigenvalue weighted by Crippen LogP contribution is 2.40. The van der Waals surface area contributed by atoms with Gasteiger partial charge < -0.3 is 14.6 Å². The molecular formula is C19H18FNO4. The van der Waals surface area contributed by atoms with Crippen LogP contribution in [0.3, 0.4) is 0 Å². The summed E-state index contributed by atoms with van der Waals surface area (Å²) >= 11 is 0. The number of carbonyl (C=O) groups is 1. The number of aliphatic imine (C=N–C) groups is 1. The summed E-state index contributed by atoms with van der Waals surface area (Å²) in [6.45, 7) is 3.44. The highest BCUT2D eigenvalue weighted by atomic mass is 19.1. The Morgan fingerprint density at radius 1 is 1.32 bits per heavy atom. The van der Waals surface area contributed by atoms with Crippen molar-refractivity contribution in [2.75, 3.05) is 6.61 Å². The van der Waals surface area contributed by atoms with E-state index < -0.39 is 23.4 Å². The fourth-order valence-corrected chi connectivity index (χ4v) is 2.90. The first-order chi connectivity index (χ1) is 12.0. The van der Waals surface area contributed by atoms with Crippen molar-refractivity contribution >= 4 is 11.9 Å². The molecule has 2 atom stereocenters. The molecule has 2 aromatic rings. The molecule has 130 valence electrons. The zero-order valence-electron chi connectivity index (χ0n) is 13.9. The quantitative estimate of drug-likeness (QED) is 0.866. The zero-order chi connectivity index (χ0) is 18.0. The summed E-state index contributed by atoms with van der Waals surface area (Å²) in [5.41, 5.74) is -0.985. The molecule has 0 amide bonds. The fraction of sp³-hybridized carbons (Fsp3) is 0.263. The first kappa shape index (κ1) is 17.0. The second kappa shape index (κ2) is 6.55. The summed E-state index contributed by atoms with van der Waals surface area (Å²) in [6, 6.07) is 12.6. The van der Waals surface area contributed by atoms with Gasteiger partial charge in [-0.2, -0.15) is 0 Å². The van der Waals surface area contributed by atoms with Crippen LogP contribution in [-0.4, -0.2) is 29.7 Å². The first-order valence-corrected chi connectivity index (χ1v) is 7.97. The Morgan fingerprint density at radius 2 is 2.04 bits per heavy atom. The molecule has 0 bridgehead atoms. The molecule has 25 heavy (non-hydrogen) atoms. The lowest BCUT2D eigenvalue weighted by atomic mass is 9.85. The van der Waals surface area contributed by atoms with Crippen LogP contribution in [0.15, 0.2) is 53.5 Å². The maximum absolute atomic E-state index is 14.6. The Hall–Kier alpha value is -2.89. The number of hydrogen-bond donors (Lipinski definition) is 1. The maximum atomic E-state index is 14.6. The van der Waals surface area contributed by atoms with Gasteiger partial charge in [-0.15, -0.1) is 0 Å². The maximum Gasteiger partial charge on any atom is 0.342 e. The average molecular weight is 343 g/mol. The Kier molecular flexibility index (Phi) is 4.44. The number of phenols is 1. The van der Waals surface area contributed by atoms with E-state index in [-0.39, 0.29) is 23.8 Å². The molecular weight excluding hydrogens is 325 g/mol. The zero-order valence-corrected chi connectivity index (χ0v) is 13.9. The number of rotatable bonds is 4. The van der Waals surface area contributed by atoms with E-state index in [1.54, 1.807) is 26.0 Å². The number of hydrogen-bond acceptors (Lipinski definition) is 5. The van der Waals surface area contributed by atoms with E-state index in [2.05, 4.69) is 4.99 Å². The van der Waals surface area contributed by atoms with Gasteiger partial charge >= 0.3 is 5.97 Å². The minimum atomic E-state index is -1.67. The lowest BCUT2D eigenvalue weighted by molar-refractivity contribution is -0.152. The number of nitrogens with zero attached hydrogens (tertiary/aromatic N) is 1. The van der Waals surface area contributed by atoms with Gasteiger partial charge in [0, 0.05) is 17.2 Å². The molecule has 1 N–H and O–H groups in total. The summed E-state index contributed by atoms with van der Waals surface area (Å²) in [7, 11) is 0. The van der Waals surface area contributed by atoms with Gasteiger partial charge in [0.2, 0.25) is 11.4 Å². The monoisotopic (exact) mass is 343 g/mol. The van der Waals surface area contributed by atoms with Crippen LogP contribution in [0, 0.1) is 5.82 Å². The number of ether oxygens (including phenoxy) is 2. The molecule has 0 saturated heterocycles. The minimum absolute atomic E-state index is 0.00202. The standard InChI is InChI=1S/C19H18FNO4/c1-3-24-18(23)19(15-10-9-14(22)11-16(15)20)12(2)25-17(21-19)13-7-5-4-6-8-13/h4-12,22H,3H2,1-2H3/t12-,19+/m1/s1. The third-order valence-electron chi connectivity index (χ3n) is 4.13. The predicted octanol–water partition coefficient (Wildman–Crippen LogP) is 3.16. The van der Waals surface area contributed by atoms with Crippen molar-refractivity contribution in [3.8, 4) is 5.75 Å². The molecule has 1 aliphatic rings. The van der Waals surface area contributed by atoms with E-state index in [1.807, 2.05) is 18.2 Å². The highest BCUT2D eigenvalue weighted by Gasteiger charge is 2.54. The Labute approximate surface area is 144 Å². The van der Waals surface area contributed by atoms with Gasteiger partial charge in [-0.05, 0) is 38.1 Å². The smallest absolute Gasteiger partial charge is 0.342 e. The van der Waals surface area contributed by atoms with E-state index in [4.69, 9.17) is 9.47 Å². The number of phenolic OH excluding ortho intramolecular Hbond substituents is 1. The largest absolute Gasteiger partial charge is 0.508 e. The third kappa shape index (κ3) is 2.84. The van der Waals surface area contributed by atoms with Crippen molar-refractivity contribution in [2.24, 2.45) is 4.99 Å². The van der Waals surface area contributed by atoms with Crippen LogP contribution in [0.25, 0.3) is 0 Å². The van der Waals surface area contributed by atoms with Crippen molar-refractivity contribution in [1.82, 2.24) is 0 Å². The molecule has 0 aromatic heterocycles. The van der Waals surface area contributed by atoms with Crippen molar-refractivity contribution < 1.29 is 23.8 Å². The van der Waals surface area contributed by atoms with Crippen LogP contribution in [0.4, 0.5) is 4.39 Å². The van der Waals surface area contributed by atoms with E-state index >= 15 is 0 Å². The molecule has 0 saturated carbocycles. The van der Waals surface area contributed by atoms with E-state index in [9.17, 15) is 14.3 Å². The molecule has 3 rings (SSSR count). The number of esters is 1. The van der Waals surface area contributed by atoms with E-state index in [0.29, 0.717) is 5.56 Å². The number of carbonyl (C=O) groups excluding carboxylic acids is 1. The van der Waals surface area contributed by atoms with Gasteiger partial charge in [-0.25, -0.2) is 14.2 Å². The number of halogens is 1. The van der Waals surface area contributed by atoms with Crippen molar-refractivity contribution in [2.45, 2.75) is 25.5 Å². The summed E-state index contributed by atoms with van der Waals surface area (Å²) in [5.74, 6) is -1.44. The van der Waals surface area contributed by atoms with Crippen LogP contribution in [-0.2, 0) is 19.8 Å². The minimum Gasteiger partial charge on any atom is -0.508 e. The lowest BCUT2D eigenvalue weighted by Gasteiger charge is -2.27. The summed E-state index contributed by atoms with van der Waals surface area (Å²) in [5, 5.41) is 9.48. The van der Waals surface area contributed by atoms with Crippen molar-refractivity contribution in [3.05, 3.63) is 65.5 Å². The van der Waals surface area contributed by atoms with E-state index in [0.717, 1.165) is 6.07 Å². The van der Waals surface area contributed by atoms with E-state index in [1.165, 1.54) is 12.1 Å². The van der Waals surface area contributed by atoms with Crippen LogP contribution in [0.1, 0.15) is 25.0 Å². The molecule has 0 fully saturated rings. The molecule has 6 heteroatoms. The molecule has 0 unspecified atom stereocenters.